The highest BCUT2D eigenvalue weighted by Gasteiger charge is 2.11. The minimum absolute atomic E-state index is 0.123. The molecule has 0 heterocycles. The SMILES string of the molecule is N#CC(O)c1cccc(C(=O)c2ccccc2)c1. The minimum Gasteiger partial charge on any atom is -0.374 e. The van der Waals surface area contributed by atoms with Gasteiger partial charge in [0, 0.05) is 11.1 Å². The normalized spacial score (nSPS) is 11.6. The molecule has 0 radical (unpaired) electrons. The van der Waals surface area contributed by atoms with Crippen LogP contribution in [0.3, 0.4) is 0 Å². The molecule has 2 aromatic rings. The number of benzene rings is 2. The highest BCUT2D eigenvalue weighted by atomic mass is 16.3. The van der Waals surface area contributed by atoms with E-state index in [0.717, 1.165) is 0 Å². The third-order valence-corrected chi connectivity index (χ3v) is 2.62. The molecule has 1 atom stereocenters. The zero-order valence-electron chi connectivity index (χ0n) is 9.58. The lowest BCUT2D eigenvalue weighted by molar-refractivity contribution is 0.103. The van der Waals surface area contributed by atoms with E-state index in [1.54, 1.807) is 54.6 Å². The molecule has 0 aliphatic rings. The van der Waals surface area contributed by atoms with Crippen LogP contribution in [0.4, 0.5) is 0 Å². The molecule has 1 unspecified atom stereocenters. The lowest BCUT2D eigenvalue weighted by Gasteiger charge is -2.05. The van der Waals surface area contributed by atoms with Crippen molar-refractivity contribution in [3.05, 3.63) is 71.3 Å². The van der Waals surface area contributed by atoms with Gasteiger partial charge in [-0.3, -0.25) is 4.79 Å². The first kappa shape index (κ1) is 12.0. The Labute approximate surface area is 105 Å². The molecule has 88 valence electrons. The summed E-state index contributed by atoms with van der Waals surface area (Å²) in [7, 11) is 0. The molecule has 3 nitrogen and oxygen atoms in total. The van der Waals surface area contributed by atoms with Crippen molar-refractivity contribution in [2.45, 2.75) is 6.10 Å². The molecule has 2 aromatic carbocycles. The van der Waals surface area contributed by atoms with Gasteiger partial charge >= 0.3 is 0 Å². The van der Waals surface area contributed by atoms with Crippen molar-refractivity contribution in [2.24, 2.45) is 0 Å². The second kappa shape index (κ2) is 5.26. The Balaban J connectivity index is 2.35. The molecule has 0 amide bonds. The van der Waals surface area contributed by atoms with Crippen LogP contribution in [0, 0.1) is 11.3 Å². The summed E-state index contributed by atoms with van der Waals surface area (Å²) in [6.07, 6.45) is -1.20. The highest BCUT2D eigenvalue weighted by Crippen LogP contribution is 2.16. The first-order chi connectivity index (χ1) is 8.72. The Morgan fingerprint density at radius 3 is 2.39 bits per heavy atom. The molecule has 0 spiro atoms. The molecule has 0 aromatic heterocycles. The highest BCUT2D eigenvalue weighted by molar-refractivity contribution is 6.09. The van der Waals surface area contributed by atoms with E-state index in [1.165, 1.54) is 0 Å². The largest absolute Gasteiger partial charge is 0.374 e. The van der Waals surface area contributed by atoms with Crippen LogP contribution in [0.2, 0.25) is 0 Å². The fraction of sp³-hybridized carbons (Fsp3) is 0.0667. The maximum Gasteiger partial charge on any atom is 0.193 e. The van der Waals surface area contributed by atoms with Crippen molar-refractivity contribution in [3.8, 4) is 6.07 Å². The maximum absolute atomic E-state index is 12.1. The fourth-order valence-corrected chi connectivity index (χ4v) is 1.68. The van der Waals surface area contributed by atoms with E-state index in [4.69, 9.17) is 5.26 Å². The van der Waals surface area contributed by atoms with E-state index in [2.05, 4.69) is 0 Å². The topological polar surface area (TPSA) is 61.1 Å². The zero-order valence-corrected chi connectivity index (χ0v) is 9.58. The van der Waals surface area contributed by atoms with Crippen LogP contribution < -0.4 is 0 Å². The summed E-state index contributed by atoms with van der Waals surface area (Å²) in [5.41, 5.74) is 1.48. The van der Waals surface area contributed by atoms with Crippen molar-refractivity contribution in [1.82, 2.24) is 0 Å². The number of nitriles is 1. The van der Waals surface area contributed by atoms with Crippen LogP contribution in [0.5, 0.6) is 0 Å². The van der Waals surface area contributed by atoms with Gasteiger partial charge in [0.1, 0.15) is 0 Å². The molecule has 0 bridgehead atoms. The van der Waals surface area contributed by atoms with Crippen LogP contribution in [0.1, 0.15) is 27.6 Å². The van der Waals surface area contributed by atoms with Gasteiger partial charge in [-0.1, -0.05) is 48.5 Å². The van der Waals surface area contributed by atoms with Gasteiger partial charge in [0.05, 0.1) is 6.07 Å². The van der Waals surface area contributed by atoms with Crippen LogP contribution in [-0.4, -0.2) is 10.9 Å². The first-order valence-electron chi connectivity index (χ1n) is 5.50. The third-order valence-electron chi connectivity index (χ3n) is 2.62. The second-order valence-electron chi connectivity index (χ2n) is 3.85. The molecule has 18 heavy (non-hydrogen) atoms. The van der Waals surface area contributed by atoms with Crippen molar-refractivity contribution in [1.29, 1.82) is 5.26 Å². The number of ketones is 1. The molecule has 0 saturated carbocycles. The standard InChI is InChI=1S/C15H11NO2/c16-10-14(17)12-7-4-8-13(9-12)15(18)11-5-2-1-3-6-11/h1-9,14,17H. The molecule has 0 aliphatic heterocycles. The summed E-state index contributed by atoms with van der Waals surface area (Å²) >= 11 is 0. The smallest absolute Gasteiger partial charge is 0.193 e. The number of rotatable bonds is 3. The van der Waals surface area contributed by atoms with Crippen LogP contribution in [-0.2, 0) is 0 Å². The molecule has 1 N–H and O–H groups in total. The van der Waals surface area contributed by atoms with Gasteiger partial charge in [-0.05, 0) is 11.6 Å². The predicted octanol–water partition coefficient (Wildman–Crippen LogP) is 2.47. The number of carbonyl (C=O) groups is 1. The number of nitrogens with zero attached hydrogens (tertiary/aromatic N) is 1. The molecular formula is C15H11NO2. The number of hydrogen-bond donors (Lipinski definition) is 1. The second-order valence-corrected chi connectivity index (χ2v) is 3.85. The van der Waals surface area contributed by atoms with E-state index in [0.29, 0.717) is 16.7 Å². The third kappa shape index (κ3) is 2.45. The number of aliphatic hydroxyl groups excluding tert-OH is 1. The van der Waals surface area contributed by atoms with Gasteiger partial charge in [0.15, 0.2) is 11.9 Å². The van der Waals surface area contributed by atoms with E-state index in [1.807, 2.05) is 6.07 Å². The molecular weight excluding hydrogens is 226 g/mol. The van der Waals surface area contributed by atoms with Gasteiger partial charge in [-0.2, -0.15) is 5.26 Å². The Morgan fingerprint density at radius 1 is 1.06 bits per heavy atom. The maximum atomic E-state index is 12.1. The zero-order chi connectivity index (χ0) is 13.0. The Morgan fingerprint density at radius 2 is 1.72 bits per heavy atom. The van der Waals surface area contributed by atoms with Gasteiger partial charge in [0.2, 0.25) is 0 Å². The number of aliphatic hydroxyl groups is 1. The summed E-state index contributed by atoms with van der Waals surface area (Å²) in [6.45, 7) is 0. The quantitative estimate of drug-likeness (QED) is 0.659. The molecule has 3 heteroatoms. The summed E-state index contributed by atoms with van der Waals surface area (Å²) < 4.78 is 0. The van der Waals surface area contributed by atoms with Crippen molar-refractivity contribution < 1.29 is 9.90 Å². The van der Waals surface area contributed by atoms with Gasteiger partial charge in [-0.15, -0.1) is 0 Å². The monoisotopic (exact) mass is 237 g/mol. The average Bonchev–Trinajstić information content (AvgIpc) is 2.46. The summed E-state index contributed by atoms with van der Waals surface area (Å²) in [5, 5.41) is 18.1. The van der Waals surface area contributed by atoms with Gasteiger partial charge in [0.25, 0.3) is 0 Å². The summed E-state index contributed by atoms with van der Waals surface area (Å²) in [5.74, 6) is -0.123. The van der Waals surface area contributed by atoms with Crippen LogP contribution in [0.25, 0.3) is 0 Å². The van der Waals surface area contributed by atoms with Crippen LogP contribution in [0.15, 0.2) is 54.6 Å². The molecule has 0 saturated heterocycles. The van der Waals surface area contributed by atoms with E-state index in [-0.39, 0.29) is 5.78 Å². The Kier molecular flexibility index (Phi) is 3.52. The average molecular weight is 237 g/mol. The van der Waals surface area contributed by atoms with Crippen molar-refractivity contribution in [2.75, 3.05) is 0 Å². The van der Waals surface area contributed by atoms with Crippen LogP contribution >= 0.6 is 0 Å². The number of hydrogen-bond acceptors (Lipinski definition) is 3. The molecule has 0 aliphatic carbocycles. The lowest BCUT2D eigenvalue weighted by atomic mass is 10.00. The van der Waals surface area contributed by atoms with Crippen molar-refractivity contribution in [3.63, 3.8) is 0 Å². The lowest BCUT2D eigenvalue weighted by Crippen LogP contribution is -2.03. The molecule has 2 rings (SSSR count). The van der Waals surface area contributed by atoms with E-state index >= 15 is 0 Å². The van der Waals surface area contributed by atoms with Crippen molar-refractivity contribution >= 4 is 5.78 Å². The van der Waals surface area contributed by atoms with E-state index in [9.17, 15) is 9.90 Å². The fourth-order valence-electron chi connectivity index (χ4n) is 1.68. The van der Waals surface area contributed by atoms with Gasteiger partial charge in [-0.25, -0.2) is 0 Å². The first-order valence-corrected chi connectivity index (χ1v) is 5.50. The summed E-state index contributed by atoms with van der Waals surface area (Å²) in [6, 6.07) is 17.1. The van der Waals surface area contributed by atoms with Gasteiger partial charge < -0.3 is 5.11 Å². The predicted molar refractivity (Wildman–Crippen MR) is 66.9 cm³/mol. The van der Waals surface area contributed by atoms with E-state index < -0.39 is 6.10 Å². The molecule has 0 fully saturated rings. The number of carbonyl (C=O) groups excluding carboxylic acids is 1. The summed E-state index contributed by atoms with van der Waals surface area (Å²) in [4.78, 5) is 12.1. The Bertz CT molecular complexity index is 599. The minimum atomic E-state index is -1.20. The Hall–Kier alpha value is -2.44.